The van der Waals surface area contributed by atoms with E-state index in [1.807, 2.05) is 11.3 Å². The van der Waals surface area contributed by atoms with Crippen LogP contribution in [0.2, 0.25) is 0 Å². The van der Waals surface area contributed by atoms with Crippen LogP contribution in [0, 0.1) is 5.92 Å². The van der Waals surface area contributed by atoms with Gasteiger partial charge in [0.1, 0.15) is 0 Å². The van der Waals surface area contributed by atoms with Crippen molar-refractivity contribution in [1.82, 2.24) is 19.1 Å². The summed E-state index contributed by atoms with van der Waals surface area (Å²) in [5, 5.41) is 12.6. The van der Waals surface area contributed by atoms with Gasteiger partial charge in [0.25, 0.3) is 0 Å². The summed E-state index contributed by atoms with van der Waals surface area (Å²) in [5.41, 5.74) is 6.71. The first kappa shape index (κ1) is 31.6. The minimum absolute atomic E-state index is 0.472. The number of para-hydroxylation sites is 2. The molecular formula is C51H32N4S2. The molecule has 0 unspecified atom stereocenters. The smallest absolute Gasteiger partial charge is 0.162 e. The molecule has 0 aliphatic heterocycles. The molecule has 0 saturated heterocycles. The van der Waals surface area contributed by atoms with E-state index in [0.717, 1.165) is 44.7 Å². The number of fused-ring (bicyclic) bond motifs is 16. The van der Waals surface area contributed by atoms with E-state index < -0.39 is 0 Å². The molecule has 0 amide bonds. The number of rotatable bonds is 3. The molecule has 0 fully saturated rings. The molecule has 0 N–H and O–H groups in total. The lowest BCUT2D eigenvalue weighted by molar-refractivity contribution is 0.793. The highest BCUT2D eigenvalue weighted by molar-refractivity contribution is 7.27. The number of nitrogens with zero attached hydrogens (tertiary/aromatic N) is 4. The van der Waals surface area contributed by atoms with Gasteiger partial charge < -0.3 is 4.57 Å². The van der Waals surface area contributed by atoms with Crippen LogP contribution in [0.5, 0.6) is 0 Å². The lowest BCUT2D eigenvalue weighted by Crippen LogP contribution is -2.31. The minimum Gasteiger partial charge on any atom is -0.310 e. The van der Waals surface area contributed by atoms with E-state index in [-0.39, 0.29) is 0 Å². The highest BCUT2D eigenvalue weighted by Crippen LogP contribution is 2.49. The fourth-order valence-electron chi connectivity index (χ4n) is 9.55. The maximum absolute atomic E-state index is 5.68. The molecule has 7 aromatic carbocycles. The SMILES string of the molecule is C[C@H]1C=c2c(c3cc(-c4nc(-n5c6ccccc6c6c7c8ccccc8sc7c7ccccc7c65)c5sc6ccccc6c5n4)ccc3n2-c2ccccc2)=CC1. The molecule has 13 rings (SSSR count). The topological polar surface area (TPSA) is 35.6 Å². The van der Waals surface area contributed by atoms with Crippen molar-refractivity contribution in [2.75, 3.05) is 0 Å². The first-order valence-corrected chi connectivity index (χ1v) is 21.2. The van der Waals surface area contributed by atoms with Crippen molar-refractivity contribution in [3.8, 4) is 22.9 Å². The average molecular weight is 765 g/mol. The third kappa shape index (κ3) is 4.37. The largest absolute Gasteiger partial charge is 0.310 e. The molecule has 5 aromatic heterocycles. The van der Waals surface area contributed by atoms with Crippen LogP contribution in [-0.4, -0.2) is 19.1 Å². The van der Waals surface area contributed by atoms with Crippen molar-refractivity contribution in [3.63, 3.8) is 0 Å². The lowest BCUT2D eigenvalue weighted by atomic mass is 10.00. The second-order valence-corrected chi connectivity index (χ2v) is 17.5. The van der Waals surface area contributed by atoms with Crippen molar-refractivity contribution in [2.24, 2.45) is 5.92 Å². The normalized spacial score (nSPS) is 14.4. The third-order valence-corrected chi connectivity index (χ3v) is 14.4. The maximum Gasteiger partial charge on any atom is 0.162 e. The highest BCUT2D eigenvalue weighted by Gasteiger charge is 2.25. The van der Waals surface area contributed by atoms with E-state index in [9.17, 15) is 0 Å². The highest BCUT2D eigenvalue weighted by atomic mass is 32.1. The molecule has 5 heterocycles. The molecule has 6 heteroatoms. The maximum atomic E-state index is 5.68. The lowest BCUT2D eigenvalue weighted by Gasteiger charge is -2.13. The van der Waals surface area contributed by atoms with Gasteiger partial charge in [-0.1, -0.05) is 116 Å². The zero-order chi connectivity index (χ0) is 37.4. The van der Waals surface area contributed by atoms with Crippen molar-refractivity contribution in [1.29, 1.82) is 0 Å². The molecule has 1 atom stereocenters. The summed E-state index contributed by atoms with van der Waals surface area (Å²) >= 11 is 3.68. The molecular weight excluding hydrogens is 733 g/mol. The fourth-order valence-corrected chi connectivity index (χ4v) is 11.9. The Hall–Kier alpha value is -6.60. The minimum atomic E-state index is 0.472. The summed E-state index contributed by atoms with van der Waals surface area (Å²) in [5.74, 6) is 2.12. The van der Waals surface area contributed by atoms with Gasteiger partial charge in [-0.15, -0.1) is 22.7 Å². The number of thiophene rings is 2. The summed E-state index contributed by atoms with van der Waals surface area (Å²) < 4.78 is 9.81. The average Bonchev–Trinajstić information content (AvgIpc) is 4.01. The van der Waals surface area contributed by atoms with Gasteiger partial charge in [-0.3, -0.25) is 4.57 Å². The molecule has 0 spiro atoms. The predicted octanol–water partition coefficient (Wildman–Crippen LogP) is 12.7. The van der Waals surface area contributed by atoms with Gasteiger partial charge in [-0.25, -0.2) is 9.97 Å². The molecule has 268 valence electrons. The molecule has 12 aromatic rings. The number of hydrogen-bond donors (Lipinski definition) is 0. The zero-order valence-electron chi connectivity index (χ0n) is 30.9. The Bertz CT molecular complexity index is 3810. The van der Waals surface area contributed by atoms with Crippen LogP contribution in [0.3, 0.4) is 0 Å². The molecule has 1 aliphatic rings. The Kier molecular flexibility index (Phi) is 6.49. The van der Waals surface area contributed by atoms with Gasteiger partial charge in [0.15, 0.2) is 11.6 Å². The van der Waals surface area contributed by atoms with E-state index in [0.29, 0.717) is 5.92 Å². The van der Waals surface area contributed by atoms with Gasteiger partial charge >= 0.3 is 0 Å². The number of aromatic nitrogens is 4. The Labute approximate surface area is 334 Å². The monoisotopic (exact) mass is 764 g/mol. The van der Waals surface area contributed by atoms with Crippen LogP contribution in [0.1, 0.15) is 13.3 Å². The van der Waals surface area contributed by atoms with Gasteiger partial charge in [0, 0.05) is 73.7 Å². The van der Waals surface area contributed by atoms with Gasteiger partial charge in [0.05, 0.1) is 32.1 Å². The third-order valence-electron chi connectivity index (χ3n) is 12.0. The molecule has 57 heavy (non-hydrogen) atoms. The van der Waals surface area contributed by atoms with Gasteiger partial charge in [0.2, 0.25) is 0 Å². The van der Waals surface area contributed by atoms with Crippen LogP contribution in [0.15, 0.2) is 146 Å². The quantitative estimate of drug-likeness (QED) is 0.180. The van der Waals surface area contributed by atoms with Crippen molar-refractivity contribution in [3.05, 3.63) is 156 Å². The summed E-state index contributed by atoms with van der Waals surface area (Å²) in [7, 11) is 0. The second-order valence-electron chi connectivity index (χ2n) is 15.4. The van der Waals surface area contributed by atoms with E-state index in [1.165, 1.54) is 79.1 Å². The fraction of sp³-hybridized carbons (Fsp3) is 0.0588. The van der Waals surface area contributed by atoms with Gasteiger partial charge in [-0.05, 0) is 60.9 Å². The van der Waals surface area contributed by atoms with Crippen LogP contribution in [0.4, 0.5) is 0 Å². The number of hydrogen-bond acceptors (Lipinski definition) is 4. The van der Waals surface area contributed by atoms with E-state index in [1.54, 1.807) is 11.3 Å². The Morgan fingerprint density at radius 2 is 1.23 bits per heavy atom. The summed E-state index contributed by atoms with van der Waals surface area (Å²) in [6.07, 6.45) is 5.87. The standard InChI is InChI=1S/C51H32N4S2/c1-29-23-25-32-38-28-30(24-26-40(38)54(41(32)27-29)31-13-3-2-4-14-31)50-52-46-37-19-9-12-22-43(37)57-49(46)51(53-50)55-39-20-10-7-17-35(39)44-45-36-18-8-11-21-42(36)56-48(45)34-16-6-5-15-33(34)47(44)55/h2-22,24-29H,23H2,1H3/t29-/m1/s1. The molecule has 0 radical (unpaired) electrons. The predicted molar refractivity (Wildman–Crippen MR) is 244 cm³/mol. The Morgan fingerprint density at radius 3 is 2.07 bits per heavy atom. The number of benzene rings is 7. The first-order chi connectivity index (χ1) is 28.2. The van der Waals surface area contributed by atoms with Crippen LogP contribution in [0.25, 0.3) is 119 Å². The van der Waals surface area contributed by atoms with Crippen molar-refractivity contribution < 1.29 is 0 Å². The van der Waals surface area contributed by atoms with E-state index >= 15 is 0 Å². The summed E-state index contributed by atoms with van der Waals surface area (Å²) in [6.45, 7) is 2.30. The van der Waals surface area contributed by atoms with Crippen LogP contribution >= 0.6 is 22.7 Å². The van der Waals surface area contributed by atoms with Crippen LogP contribution in [-0.2, 0) is 0 Å². The first-order valence-electron chi connectivity index (χ1n) is 19.6. The molecule has 1 aliphatic carbocycles. The molecule has 4 nitrogen and oxygen atoms in total. The molecule has 0 bridgehead atoms. The van der Waals surface area contributed by atoms with E-state index in [4.69, 9.17) is 9.97 Å². The molecule has 0 saturated carbocycles. The van der Waals surface area contributed by atoms with E-state index in [2.05, 4.69) is 174 Å². The zero-order valence-corrected chi connectivity index (χ0v) is 32.5. The summed E-state index contributed by atoms with van der Waals surface area (Å²) in [6, 6.07) is 52.9. The van der Waals surface area contributed by atoms with Crippen LogP contribution < -0.4 is 10.6 Å². The van der Waals surface area contributed by atoms with Crippen molar-refractivity contribution in [2.45, 2.75) is 13.3 Å². The Balaban J connectivity index is 1.18. The van der Waals surface area contributed by atoms with Gasteiger partial charge in [-0.2, -0.15) is 0 Å². The summed E-state index contributed by atoms with van der Waals surface area (Å²) in [4.78, 5) is 11.1. The second kappa shape index (κ2) is 11.7. The van der Waals surface area contributed by atoms with Crippen molar-refractivity contribution >= 4 is 119 Å². The Morgan fingerprint density at radius 1 is 0.561 bits per heavy atom.